The molecular formula is C33H34N6O3. The first-order chi connectivity index (χ1) is 20.4. The quantitative estimate of drug-likeness (QED) is 0.229. The second-order valence-corrected chi connectivity index (χ2v) is 11.3. The van der Waals surface area contributed by atoms with Gasteiger partial charge in [0.1, 0.15) is 34.7 Å². The fourth-order valence-electron chi connectivity index (χ4n) is 5.88. The molecule has 2 fully saturated rings. The summed E-state index contributed by atoms with van der Waals surface area (Å²) in [6, 6.07) is 21.4. The maximum atomic E-state index is 13.6. The van der Waals surface area contributed by atoms with Crippen LogP contribution in [0.5, 0.6) is 11.5 Å². The summed E-state index contributed by atoms with van der Waals surface area (Å²) >= 11 is 0. The van der Waals surface area contributed by atoms with E-state index in [0.717, 1.165) is 59.3 Å². The molecule has 0 bridgehead atoms. The summed E-state index contributed by atoms with van der Waals surface area (Å²) in [6.45, 7) is 4.43. The van der Waals surface area contributed by atoms with E-state index in [1.807, 2.05) is 71.4 Å². The molecule has 2 N–H and O–H groups in total. The number of nitrogens with zero attached hydrogens (tertiary/aromatic N) is 5. The van der Waals surface area contributed by atoms with Gasteiger partial charge in [0.15, 0.2) is 0 Å². The van der Waals surface area contributed by atoms with Gasteiger partial charge in [-0.25, -0.2) is 4.98 Å². The van der Waals surface area contributed by atoms with Crippen LogP contribution in [-0.2, 0) is 9.53 Å². The van der Waals surface area contributed by atoms with Crippen molar-refractivity contribution >= 4 is 22.6 Å². The third kappa shape index (κ3) is 5.58. The van der Waals surface area contributed by atoms with Crippen molar-refractivity contribution in [1.82, 2.24) is 19.7 Å². The van der Waals surface area contributed by atoms with Crippen LogP contribution >= 0.6 is 0 Å². The zero-order valence-electron chi connectivity index (χ0n) is 23.7. The number of allylic oxidation sites excluding steroid dienone is 1. The Balaban J connectivity index is 1.27. The van der Waals surface area contributed by atoms with E-state index < -0.39 is 0 Å². The largest absolute Gasteiger partial charge is 0.457 e. The highest BCUT2D eigenvalue weighted by Gasteiger charge is 2.32. The van der Waals surface area contributed by atoms with Gasteiger partial charge in [-0.3, -0.25) is 9.48 Å². The van der Waals surface area contributed by atoms with Crippen LogP contribution in [0.4, 0.5) is 5.82 Å². The monoisotopic (exact) mass is 562 g/mol. The predicted molar refractivity (Wildman–Crippen MR) is 161 cm³/mol. The van der Waals surface area contributed by atoms with Crippen LogP contribution in [0.2, 0.25) is 0 Å². The molecule has 0 spiro atoms. The molecule has 0 radical (unpaired) electrons. The van der Waals surface area contributed by atoms with Crippen molar-refractivity contribution in [2.75, 3.05) is 32.0 Å². The lowest BCUT2D eigenvalue weighted by Gasteiger charge is -2.34. The standard InChI is InChI=1S/C33H34N6O3/c1-33(14-18-41-19-15-33)20-24(21-34)32(40)38-17-5-6-25(22-38)39-28-13-16-36-31(35)29(28)30(37-39)23-9-11-27(12-10-23)42-26-7-3-2-4-8-26/h2-4,7-13,16,20,25H,5-6,14-15,17-19,22H2,1H3,(H2,35,36). The van der Waals surface area contributed by atoms with Gasteiger partial charge in [0.05, 0.1) is 16.9 Å². The summed E-state index contributed by atoms with van der Waals surface area (Å²) in [4.78, 5) is 19.7. The van der Waals surface area contributed by atoms with Gasteiger partial charge in [-0.05, 0) is 73.6 Å². The summed E-state index contributed by atoms with van der Waals surface area (Å²) in [5, 5.41) is 15.7. The number of likely N-dealkylation sites (tertiary alicyclic amines) is 1. The lowest BCUT2D eigenvalue weighted by molar-refractivity contribution is -0.128. The topological polar surface area (TPSA) is 119 Å². The maximum Gasteiger partial charge on any atom is 0.264 e. The van der Waals surface area contributed by atoms with Crippen molar-refractivity contribution in [3.63, 3.8) is 0 Å². The zero-order valence-corrected chi connectivity index (χ0v) is 23.7. The minimum Gasteiger partial charge on any atom is -0.457 e. The Morgan fingerprint density at radius 2 is 1.86 bits per heavy atom. The first-order valence-electron chi connectivity index (χ1n) is 14.4. The number of para-hydroxylation sites is 1. The zero-order chi connectivity index (χ0) is 29.1. The lowest BCUT2D eigenvalue weighted by atomic mass is 9.80. The Labute approximate surface area is 245 Å². The van der Waals surface area contributed by atoms with E-state index in [2.05, 4.69) is 18.0 Å². The van der Waals surface area contributed by atoms with E-state index >= 15 is 0 Å². The molecule has 2 aliphatic heterocycles. The summed E-state index contributed by atoms with van der Waals surface area (Å²) in [7, 11) is 0. The van der Waals surface area contributed by atoms with Crippen LogP contribution in [0, 0.1) is 16.7 Å². The minimum atomic E-state index is -0.221. The molecule has 214 valence electrons. The average Bonchev–Trinajstić information content (AvgIpc) is 3.42. The SMILES string of the molecule is CC1(C=C(C#N)C(=O)N2CCCC(n3nc(-c4ccc(Oc5ccccc5)cc4)c4c(N)nccc43)C2)CCOCC1. The van der Waals surface area contributed by atoms with E-state index in [1.54, 1.807) is 11.1 Å². The number of hydrogen-bond donors (Lipinski definition) is 1. The highest BCUT2D eigenvalue weighted by molar-refractivity contribution is 6.00. The third-order valence-electron chi connectivity index (χ3n) is 8.26. The Morgan fingerprint density at radius 3 is 2.60 bits per heavy atom. The first-order valence-corrected chi connectivity index (χ1v) is 14.4. The number of amides is 1. The van der Waals surface area contributed by atoms with Gasteiger partial charge in [0, 0.05) is 38.1 Å². The average molecular weight is 563 g/mol. The maximum absolute atomic E-state index is 13.6. The molecular weight excluding hydrogens is 528 g/mol. The molecule has 2 aromatic heterocycles. The number of piperidine rings is 1. The van der Waals surface area contributed by atoms with Gasteiger partial charge >= 0.3 is 0 Å². The second-order valence-electron chi connectivity index (χ2n) is 11.3. The molecule has 2 aliphatic rings. The Bertz CT molecular complexity index is 1650. The molecule has 4 aromatic rings. The number of pyridine rings is 1. The predicted octanol–water partition coefficient (Wildman–Crippen LogP) is 5.90. The van der Waals surface area contributed by atoms with Crippen molar-refractivity contribution in [2.24, 2.45) is 5.41 Å². The van der Waals surface area contributed by atoms with Crippen LogP contribution in [0.25, 0.3) is 22.2 Å². The van der Waals surface area contributed by atoms with Gasteiger partial charge in [-0.15, -0.1) is 0 Å². The summed E-state index contributed by atoms with van der Waals surface area (Å²) in [5.41, 5.74) is 8.88. The van der Waals surface area contributed by atoms with E-state index in [1.165, 1.54) is 0 Å². The molecule has 9 nitrogen and oxygen atoms in total. The summed E-state index contributed by atoms with van der Waals surface area (Å²) < 4.78 is 13.4. The molecule has 1 amide bonds. The minimum absolute atomic E-state index is 0.0694. The van der Waals surface area contributed by atoms with Crippen LogP contribution in [0.3, 0.4) is 0 Å². The number of fused-ring (bicyclic) bond motifs is 1. The van der Waals surface area contributed by atoms with Crippen LogP contribution in [0.15, 0.2) is 78.5 Å². The first kappa shape index (κ1) is 27.5. The van der Waals surface area contributed by atoms with Gasteiger partial charge in [0.25, 0.3) is 5.91 Å². The van der Waals surface area contributed by atoms with Crippen LogP contribution < -0.4 is 10.5 Å². The second kappa shape index (κ2) is 11.7. The molecule has 2 aromatic carbocycles. The number of nitrogen functional groups attached to an aromatic ring is 1. The molecule has 9 heteroatoms. The van der Waals surface area contributed by atoms with E-state index in [-0.39, 0.29) is 22.9 Å². The van der Waals surface area contributed by atoms with Crippen molar-refractivity contribution in [3.8, 4) is 28.8 Å². The number of nitriles is 1. The number of hydrogen-bond acceptors (Lipinski definition) is 7. The van der Waals surface area contributed by atoms with Gasteiger partial charge in [-0.2, -0.15) is 10.4 Å². The molecule has 0 saturated carbocycles. The number of aromatic nitrogens is 3. The number of benzene rings is 2. The highest BCUT2D eigenvalue weighted by Crippen LogP contribution is 2.37. The summed E-state index contributed by atoms with van der Waals surface area (Å²) in [6.07, 6.45) is 6.80. The number of ether oxygens (including phenoxy) is 2. The molecule has 1 unspecified atom stereocenters. The highest BCUT2D eigenvalue weighted by atomic mass is 16.5. The van der Waals surface area contributed by atoms with Gasteiger partial charge in [0.2, 0.25) is 0 Å². The number of carbonyl (C=O) groups excluding carboxylic acids is 1. The van der Waals surface area contributed by atoms with E-state index in [0.29, 0.717) is 32.1 Å². The van der Waals surface area contributed by atoms with E-state index in [4.69, 9.17) is 20.3 Å². The Morgan fingerprint density at radius 1 is 1.12 bits per heavy atom. The molecule has 0 aliphatic carbocycles. The van der Waals surface area contributed by atoms with Crippen molar-refractivity contribution in [3.05, 3.63) is 78.5 Å². The van der Waals surface area contributed by atoms with Crippen LogP contribution in [0.1, 0.15) is 38.6 Å². The molecule has 4 heterocycles. The third-order valence-corrected chi connectivity index (χ3v) is 8.26. The molecule has 6 rings (SSSR count). The molecule has 2 saturated heterocycles. The molecule has 1 atom stereocenters. The number of carbonyl (C=O) groups is 1. The lowest BCUT2D eigenvalue weighted by Crippen LogP contribution is -2.41. The Kier molecular flexibility index (Phi) is 7.64. The van der Waals surface area contributed by atoms with Crippen molar-refractivity contribution in [2.45, 2.75) is 38.6 Å². The number of nitrogens with two attached hydrogens (primary N) is 1. The Hall–Kier alpha value is -4.68. The normalized spacial score (nSPS) is 18.9. The van der Waals surface area contributed by atoms with E-state index in [9.17, 15) is 10.1 Å². The smallest absolute Gasteiger partial charge is 0.264 e. The summed E-state index contributed by atoms with van der Waals surface area (Å²) in [5.74, 6) is 1.67. The number of anilines is 1. The fraction of sp³-hybridized carbons (Fsp3) is 0.333. The van der Waals surface area contributed by atoms with Crippen molar-refractivity contribution < 1.29 is 14.3 Å². The van der Waals surface area contributed by atoms with Crippen LogP contribution in [-0.4, -0.2) is 51.9 Å². The molecule has 42 heavy (non-hydrogen) atoms. The van der Waals surface area contributed by atoms with Crippen molar-refractivity contribution in [1.29, 1.82) is 5.26 Å². The van der Waals surface area contributed by atoms with Gasteiger partial charge in [-0.1, -0.05) is 31.2 Å². The van der Waals surface area contributed by atoms with Gasteiger partial charge < -0.3 is 20.1 Å². The fourth-order valence-corrected chi connectivity index (χ4v) is 5.88. The number of rotatable bonds is 6.